The third-order valence-corrected chi connectivity index (χ3v) is 8.33. The molecule has 2 fully saturated rings. The molecule has 9 heteroatoms. The van der Waals surface area contributed by atoms with Crippen LogP contribution in [0.5, 0.6) is 0 Å². The minimum Gasteiger partial charge on any atom is -0.352 e. The third kappa shape index (κ3) is 4.58. The molecule has 3 heterocycles. The van der Waals surface area contributed by atoms with Crippen LogP contribution >= 0.6 is 0 Å². The first-order chi connectivity index (χ1) is 17.1. The number of halogens is 3. The van der Waals surface area contributed by atoms with E-state index in [0.29, 0.717) is 26.2 Å². The number of rotatable bonds is 4. The van der Waals surface area contributed by atoms with Crippen molar-refractivity contribution in [2.75, 3.05) is 37.6 Å². The van der Waals surface area contributed by atoms with Gasteiger partial charge in [0.2, 0.25) is 5.91 Å². The van der Waals surface area contributed by atoms with Gasteiger partial charge in [0.1, 0.15) is 12.1 Å². The fraction of sp³-hybridized carbons (Fsp3) is 0.593. The zero-order valence-corrected chi connectivity index (χ0v) is 20.9. The van der Waals surface area contributed by atoms with Gasteiger partial charge in [0.15, 0.2) is 0 Å². The second kappa shape index (κ2) is 9.65. The Labute approximate surface area is 210 Å². The number of piperazine rings is 1. The van der Waals surface area contributed by atoms with Gasteiger partial charge in [-0.05, 0) is 49.6 Å². The van der Waals surface area contributed by atoms with E-state index in [4.69, 9.17) is 0 Å². The molecule has 1 aromatic heterocycles. The average molecular weight is 502 g/mol. The summed E-state index contributed by atoms with van der Waals surface area (Å²) < 4.78 is 40.0. The number of alkyl halides is 3. The molecule has 36 heavy (non-hydrogen) atoms. The second-order valence-corrected chi connectivity index (χ2v) is 10.6. The van der Waals surface area contributed by atoms with Crippen molar-refractivity contribution in [2.24, 2.45) is 17.8 Å². The summed E-state index contributed by atoms with van der Waals surface area (Å²) in [6, 6.07) is -0.0708. The minimum atomic E-state index is -4.34. The fourth-order valence-corrected chi connectivity index (χ4v) is 6.24. The Bertz CT molecular complexity index is 1100. The van der Waals surface area contributed by atoms with E-state index in [2.05, 4.69) is 33.7 Å². The summed E-state index contributed by atoms with van der Waals surface area (Å²) >= 11 is 0. The van der Waals surface area contributed by atoms with Gasteiger partial charge in [-0.15, -0.1) is 0 Å². The Hall–Kier alpha value is -2.68. The van der Waals surface area contributed by atoms with E-state index in [1.165, 1.54) is 6.08 Å². The molecule has 1 aromatic rings. The van der Waals surface area contributed by atoms with E-state index >= 15 is 0 Å². The van der Waals surface area contributed by atoms with E-state index in [1.54, 1.807) is 12.4 Å². The number of nitrogens with zero attached hydrogens (tertiary/aromatic N) is 4. The van der Waals surface area contributed by atoms with Crippen molar-refractivity contribution in [3.8, 4) is 0 Å². The van der Waals surface area contributed by atoms with E-state index in [9.17, 15) is 18.0 Å². The highest BCUT2D eigenvalue weighted by atomic mass is 19.4. The minimum absolute atomic E-state index is 0.0141. The Balaban J connectivity index is 1.36. The van der Waals surface area contributed by atoms with Gasteiger partial charge < -0.3 is 15.1 Å². The maximum atomic E-state index is 14.0. The Morgan fingerprint density at radius 1 is 1.14 bits per heavy atom. The standard InChI is InChI=1S/C27H34F3N5O/c1-16-4-7-21-22(16)25(33-15-32-21)34-10-12-35(13-11-34)26(36)23(24-17(2)8-9-31-24)20-6-5-19(14-18(20)3)27(28,29)30/h5-6,15,17-18,23-24,31H,1,4,7-14H2,2-3H3/t17-,18?,23+,24?/m1/s1. The van der Waals surface area contributed by atoms with Crippen LogP contribution in [-0.2, 0) is 11.2 Å². The molecular weight excluding hydrogens is 467 g/mol. The quantitative estimate of drug-likeness (QED) is 0.672. The van der Waals surface area contributed by atoms with Gasteiger partial charge in [-0.3, -0.25) is 4.79 Å². The van der Waals surface area contributed by atoms with Crippen LogP contribution in [0.3, 0.4) is 0 Å². The number of hydrogen-bond acceptors (Lipinski definition) is 5. The summed E-state index contributed by atoms with van der Waals surface area (Å²) in [5.74, 6) is 0.381. The van der Waals surface area contributed by atoms with E-state index < -0.39 is 17.7 Å². The zero-order valence-electron chi connectivity index (χ0n) is 20.9. The summed E-state index contributed by atoms with van der Waals surface area (Å²) in [7, 11) is 0. The van der Waals surface area contributed by atoms with Crippen LogP contribution in [0, 0.1) is 17.8 Å². The number of allylic oxidation sites excluding steroid dienone is 4. The first-order valence-corrected chi connectivity index (χ1v) is 12.9. The van der Waals surface area contributed by atoms with Crippen LogP contribution in [0.15, 0.2) is 36.2 Å². The van der Waals surface area contributed by atoms with Crippen LogP contribution < -0.4 is 10.2 Å². The van der Waals surface area contributed by atoms with Crippen LogP contribution in [0.1, 0.15) is 44.4 Å². The van der Waals surface area contributed by atoms with Crippen LogP contribution in [-0.4, -0.2) is 65.7 Å². The van der Waals surface area contributed by atoms with Gasteiger partial charge in [0, 0.05) is 43.4 Å². The summed E-state index contributed by atoms with van der Waals surface area (Å²) in [5, 5.41) is 3.49. The lowest BCUT2D eigenvalue weighted by molar-refractivity contribution is -0.136. The molecule has 1 N–H and O–H groups in total. The number of aryl methyl sites for hydroxylation is 1. The molecule has 2 aliphatic carbocycles. The van der Waals surface area contributed by atoms with Crippen LogP contribution in [0.4, 0.5) is 19.0 Å². The number of carbonyl (C=O) groups is 1. The third-order valence-electron chi connectivity index (χ3n) is 8.33. The molecule has 1 amide bonds. The number of aromatic nitrogens is 2. The molecule has 6 nitrogen and oxygen atoms in total. The van der Waals surface area contributed by atoms with E-state index in [-0.39, 0.29) is 30.2 Å². The molecule has 4 atom stereocenters. The molecule has 0 radical (unpaired) electrons. The van der Waals surface area contributed by atoms with Crippen LogP contribution in [0.2, 0.25) is 0 Å². The summed E-state index contributed by atoms with van der Waals surface area (Å²) in [4.78, 5) is 27.0. The van der Waals surface area contributed by atoms with Gasteiger partial charge in [0.25, 0.3) is 0 Å². The normalized spacial score (nSPS) is 27.6. The van der Waals surface area contributed by atoms with Crippen molar-refractivity contribution in [2.45, 2.75) is 51.7 Å². The molecule has 4 aliphatic rings. The Morgan fingerprint density at radius 2 is 1.89 bits per heavy atom. The molecule has 194 valence electrons. The molecule has 0 aromatic carbocycles. The maximum Gasteiger partial charge on any atom is 0.412 e. The highest BCUT2D eigenvalue weighted by molar-refractivity contribution is 5.84. The largest absolute Gasteiger partial charge is 0.412 e. The monoisotopic (exact) mass is 501 g/mol. The van der Waals surface area contributed by atoms with Gasteiger partial charge in [-0.2, -0.15) is 13.2 Å². The highest BCUT2D eigenvalue weighted by Gasteiger charge is 2.44. The zero-order chi connectivity index (χ0) is 25.6. The second-order valence-electron chi connectivity index (χ2n) is 10.6. The molecule has 5 rings (SSSR count). The fourth-order valence-electron chi connectivity index (χ4n) is 6.24. The smallest absolute Gasteiger partial charge is 0.352 e. The van der Waals surface area contributed by atoms with Gasteiger partial charge in [-0.25, -0.2) is 9.97 Å². The highest BCUT2D eigenvalue weighted by Crippen LogP contribution is 2.41. The van der Waals surface area contributed by atoms with Gasteiger partial charge in [0.05, 0.1) is 11.6 Å². The summed E-state index contributed by atoms with van der Waals surface area (Å²) in [5.41, 5.74) is 3.43. The number of carbonyl (C=O) groups excluding carboxylic acids is 1. The van der Waals surface area contributed by atoms with Crippen molar-refractivity contribution < 1.29 is 18.0 Å². The predicted octanol–water partition coefficient (Wildman–Crippen LogP) is 4.15. The van der Waals surface area contributed by atoms with Crippen molar-refractivity contribution in [3.63, 3.8) is 0 Å². The summed E-state index contributed by atoms with van der Waals surface area (Å²) in [6.07, 6.45) is 2.66. The number of hydrogen-bond donors (Lipinski definition) is 1. The first kappa shape index (κ1) is 25.0. The molecule has 2 aliphatic heterocycles. The van der Waals surface area contributed by atoms with E-state index in [1.807, 2.05) is 11.8 Å². The molecular formula is C27H34F3N5O. The molecule has 0 spiro atoms. The number of anilines is 1. The lowest BCUT2D eigenvalue weighted by Gasteiger charge is -2.40. The van der Waals surface area contributed by atoms with Crippen molar-refractivity contribution >= 4 is 17.3 Å². The summed E-state index contributed by atoms with van der Waals surface area (Å²) in [6.45, 7) is 11.3. The number of nitrogens with one attached hydrogen (secondary N) is 1. The molecule has 2 unspecified atom stereocenters. The molecule has 0 bridgehead atoms. The Morgan fingerprint density at radius 3 is 2.53 bits per heavy atom. The van der Waals surface area contributed by atoms with Crippen molar-refractivity contribution in [1.82, 2.24) is 20.2 Å². The SMILES string of the molecule is C=C1CCc2ncnc(N3CCN(C(=O)[C@@H](C4=CC=C(C(F)(F)F)CC4C)C4NCC[C@H]4C)CC3)c21. The van der Waals surface area contributed by atoms with Crippen molar-refractivity contribution in [3.05, 3.63) is 47.5 Å². The maximum absolute atomic E-state index is 14.0. The topological polar surface area (TPSA) is 61.4 Å². The average Bonchev–Trinajstić information content (AvgIpc) is 3.45. The molecule has 2 saturated heterocycles. The predicted molar refractivity (Wildman–Crippen MR) is 133 cm³/mol. The lowest BCUT2D eigenvalue weighted by atomic mass is 9.75. The van der Waals surface area contributed by atoms with Crippen molar-refractivity contribution in [1.29, 1.82) is 0 Å². The number of fused-ring (bicyclic) bond motifs is 1. The number of amides is 1. The lowest BCUT2D eigenvalue weighted by Crippen LogP contribution is -2.54. The molecule has 0 saturated carbocycles. The van der Waals surface area contributed by atoms with Gasteiger partial charge in [-0.1, -0.05) is 38.2 Å². The van der Waals surface area contributed by atoms with E-state index in [0.717, 1.165) is 54.0 Å². The van der Waals surface area contributed by atoms with Crippen LogP contribution in [0.25, 0.3) is 5.57 Å². The van der Waals surface area contributed by atoms with Gasteiger partial charge >= 0.3 is 6.18 Å². The Kier molecular flexibility index (Phi) is 6.70. The first-order valence-electron chi connectivity index (χ1n) is 12.9.